The Morgan fingerprint density at radius 3 is 1.73 bits per heavy atom. The van der Waals surface area contributed by atoms with Gasteiger partial charge in [0.1, 0.15) is 35.2 Å². The minimum absolute atomic E-state index is 0.0587. The van der Waals surface area contributed by atoms with Crippen LogP contribution in [0.2, 0.25) is 0 Å². The third-order valence-corrected chi connectivity index (χ3v) is 13.4. The van der Waals surface area contributed by atoms with E-state index >= 15 is 0 Å². The van der Waals surface area contributed by atoms with Gasteiger partial charge in [-0.15, -0.1) is 0 Å². The summed E-state index contributed by atoms with van der Waals surface area (Å²) in [5, 5.41) is 5.53. The van der Waals surface area contributed by atoms with Crippen LogP contribution in [-0.2, 0) is 24.5 Å². The van der Waals surface area contributed by atoms with Crippen LogP contribution in [0.4, 0.5) is 9.59 Å². The number of alkyl carbamates (subject to hydrolysis) is 2. The molecule has 4 amide bonds. The zero-order valence-corrected chi connectivity index (χ0v) is 35.3. The number of methoxy groups -OCH3 is 2. The molecule has 15 nitrogen and oxygen atoms in total. The van der Waals surface area contributed by atoms with Crippen molar-refractivity contribution in [2.24, 2.45) is 11.8 Å². The Hall–Kier alpha value is -5.86. The van der Waals surface area contributed by atoms with E-state index in [1.54, 1.807) is 0 Å². The molecule has 8 rings (SSSR count). The number of carbonyl (C=O) groups excluding carboxylic acids is 4. The van der Waals surface area contributed by atoms with Crippen molar-refractivity contribution < 1.29 is 33.4 Å². The lowest BCUT2D eigenvalue weighted by atomic mass is 9.83. The summed E-state index contributed by atoms with van der Waals surface area (Å²) in [6, 6.07) is 10.8. The van der Waals surface area contributed by atoms with Crippen LogP contribution >= 0.6 is 0 Å². The van der Waals surface area contributed by atoms with Crippen molar-refractivity contribution in [1.29, 1.82) is 0 Å². The van der Waals surface area contributed by atoms with Crippen molar-refractivity contribution in [3.05, 3.63) is 71.3 Å². The number of benzene rings is 2. The second-order valence-corrected chi connectivity index (χ2v) is 16.9. The Morgan fingerprint density at radius 2 is 1.25 bits per heavy atom. The number of aromatic nitrogens is 4. The molecule has 2 saturated heterocycles. The Labute approximate surface area is 350 Å². The number of hydrogen-bond donors (Lipinski definition) is 4. The van der Waals surface area contributed by atoms with Crippen molar-refractivity contribution >= 4 is 24.0 Å². The van der Waals surface area contributed by atoms with Gasteiger partial charge in [-0.25, -0.2) is 19.6 Å². The second-order valence-electron chi connectivity index (χ2n) is 16.9. The fraction of sp³-hybridized carbons (Fsp3) is 0.511. The van der Waals surface area contributed by atoms with E-state index in [2.05, 4.69) is 38.8 Å². The van der Waals surface area contributed by atoms with Gasteiger partial charge in [0.2, 0.25) is 11.8 Å². The number of H-pyrrole nitrogens is 2. The van der Waals surface area contributed by atoms with Gasteiger partial charge in [-0.05, 0) is 74.6 Å². The lowest BCUT2D eigenvalue weighted by Gasteiger charge is -2.31. The van der Waals surface area contributed by atoms with Gasteiger partial charge >= 0.3 is 12.2 Å². The number of nitrogens with one attached hydrogen (secondary N) is 4. The highest BCUT2D eigenvalue weighted by atomic mass is 16.5. The number of amides is 4. The normalized spacial score (nSPS) is 20.6. The van der Waals surface area contributed by atoms with Gasteiger partial charge < -0.3 is 44.6 Å². The zero-order chi connectivity index (χ0) is 42.3. The number of imidazole rings is 2. The van der Waals surface area contributed by atoms with Crippen molar-refractivity contribution in [2.75, 3.05) is 27.3 Å². The van der Waals surface area contributed by atoms with Crippen molar-refractivity contribution in [2.45, 2.75) is 109 Å². The van der Waals surface area contributed by atoms with E-state index in [4.69, 9.17) is 24.2 Å². The van der Waals surface area contributed by atoms with Crippen LogP contribution in [0.25, 0.3) is 22.8 Å². The number of hydrogen-bond acceptors (Lipinski definition) is 9. The molecule has 5 heterocycles. The van der Waals surface area contributed by atoms with Crippen LogP contribution in [-0.4, -0.2) is 93.1 Å². The maximum Gasteiger partial charge on any atom is 0.407 e. The molecule has 0 radical (unpaired) electrons. The summed E-state index contributed by atoms with van der Waals surface area (Å²) in [5.74, 6) is 2.68. The minimum atomic E-state index is -0.680. The monoisotopic (exact) mass is 820 g/mol. The van der Waals surface area contributed by atoms with Crippen LogP contribution in [0.15, 0.2) is 48.8 Å². The fourth-order valence-corrected chi connectivity index (χ4v) is 9.32. The van der Waals surface area contributed by atoms with Crippen molar-refractivity contribution in [3.8, 4) is 34.3 Å². The fourth-order valence-electron chi connectivity index (χ4n) is 9.32. The summed E-state index contributed by atoms with van der Waals surface area (Å²) in [5.41, 5.74) is 5.65. The topological polar surface area (TPSA) is 184 Å². The third-order valence-electron chi connectivity index (χ3n) is 13.4. The largest absolute Gasteiger partial charge is 0.457 e. The molecular formula is C45H56N8O7. The summed E-state index contributed by atoms with van der Waals surface area (Å²) in [6.45, 7) is 9.13. The Morgan fingerprint density at radius 1 is 0.750 bits per heavy atom. The molecule has 2 aromatic carbocycles. The van der Waals surface area contributed by atoms with Gasteiger partial charge in [0.05, 0.1) is 50.1 Å². The second kappa shape index (κ2) is 16.7. The van der Waals surface area contributed by atoms with Gasteiger partial charge in [0.15, 0.2) is 0 Å². The number of likely N-dealkylation sites (tertiary alicyclic amines) is 2. The molecular weight excluding hydrogens is 765 g/mol. The molecule has 2 aromatic heterocycles. The van der Waals surface area contributed by atoms with Crippen LogP contribution in [0.3, 0.4) is 0 Å². The maximum atomic E-state index is 13.8. The number of aromatic amines is 2. The van der Waals surface area contributed by atoms with E-state index in [9.17, 15) is 19.2 Å². The predicted octanol–water partition coefficient (Wildman–Crippen LogP) is 7.52. The molecule has 1 spiro atoms. The highest BCUT2D eigenvalue weighted by Crippen LogP contribution is 2.62. The molecule has 0 bridgehead atoms. The van der Waals surface area contributed by atoms with E-state index in [0.29, 0.717) is 18.9 Å². The maximum absolute atomic E-state index is 13.8. The Kier molecular flexibility index (Phi) is 11.4. The SMILES string of the molecule is CC[C@H](C)[C@H](NC(=O)OC)C(=O)N1CCC[C@H]1c1cnc(-c2ccc3c(c2)Oc2ccc(-c4ncc([C@@H]5CCCN5C(=O)[C@@H](NC(=O)OC)[C@@H](C)CC)[nH]4)cc2C32CC2)[nH]1. The first kappa shape index (κ1) is 40.9. The summed E-state index contributed by atoms with van der Waals surface area (Å²) in [6.07, 6.45) is 9.16. The Balaban J connectivity index is 0.990. The molecule has 1 saturated carbocycles. The standard InChI is InChI=1S/C45H56N8O7/c1-7-25(3)37(50-43(56)58-5)41(54)52-19-9-11-33(52)31-23-46-39(48-31)27-14-16-35-30(21-27)45(17-18-45)29-15-13-28(22-36(29)60-35)40-47-24-32(49-40)34-12-10-20-53(34)42(55)38(26(4)8-2)51-44(57)59-6/h13-16,21-26,33-34,37-38H,7-12,17-20H2,1-6H3,(H,46,48)(H,47,49)(H,50,56)(H,51,57)/t25-,26-,33-,34-,37-,38-/m0/s1. The third kappa shape index (κ3) is 7.47. The summed E-state index contributed by atoms with van der Waals surface area (Å²) < 4.78 is 16.3. The lowest BCUT2D eigenvalue weighted by molar-refractivity contribution is -0.136. The van der Waals surface area contributed by atoms with E-state index in [-0.39, 0.29) is 41.1 Å². The van der Waals surface area contributed by atoms with Crippen LogP contribution in [0, 0.1) is 11.8 Å². The van der Waals surface area contributed by atoms with E-state index < -0.39 is 24.3 Å². The molecule has 318 valence electrons. The molecule has 3 fully saturated rings. The molecule has 1 aliphatic carbocycles. The highest BCUT2D eigenvalue weighted by Gasteiger charge is 2.52. The minimum Gasteiger partial charge on any atom is -0.457 e. The van der Waals surface area contributed by atoms with Crippen LogP contribution < -0.4 is 15.4 Å². The van der Waals surface area contributed by atoms with E-state index in [1.165, 1.54) is 14.2 Å². The van der Waals surface area contributed by atoms with Crippen molar-refractivity contribution in [1.82, 2.24) is 40.4 Å². The molecule has 4 aromatic rings. The van der Waals surface area contributed by atoms with Gasteiger partial charge in [0.25, 0.3) is 0 Å². The van der Waals surface area contributed by atoms with Gasteiger partial charge in [0, 0.05) is 40.8 Å². The summed E-state index contributed by atoms with van der Waals surface area (Å²) >= 11 is 0. The number of ether oxygens (including phenoxy) is 3. The average Bonchev–Trinajstić information content (AvgIpc) is 3.84. The van der Waals surface area contributed by atoms with E-state index in [0.717, 1.165) is 102 Å². The zero-order valence-electron chi connectivity index (χ0n) is 35.3. The predicted molar refractivity (Wildman–Crippen MR) is 223 cm³/mol. The molecule has 3 aliphatic heterocycles. The Bertz CT molecular complexity index is 2260. The molecule has 0 unspecified atom stereocenters. The molecule has 4 N–H and O–H groups in total. The average molecular weight is 821 g/mol. The molecule has 4 aliphatic rings. The summed E-state index contributed by atoms with van der Waals surface area (Å²) in [4.78, 5) is 72.3. The number of nitrogens with zero attached hydrogens (tertiary/aromatic N) is 4. The lowest BCUT2D eigenvalue weighted by Crippen LogP contribution is -2.51. The van der Waals surface area contributed by atoms with E-state index in [1.807, 2.05) is 68.1 Å². The smallest absolute Gasteiger partial charge is 0.407 e. The van der Waals surface area contributed by atoms with Gasteiger partial charge in [-0.3, -0.25) is 9.59 Å². The molecule has 6 atom stereocenters. The number of carbonyl (C=O) groups is 4. The van der Waals surface area contributed by atoms with Gasteiger partial charge in [-0.1, -0.05) is 52.7 Å². The quantitative estimate of drug-likeness (QED) is 0.112. The molecule has 60 heavy (non-hydrogen) atoms. The number of rotatable bonds is 12. The van der Waals surface area contributed by atoms with Crippen LogP contribution in [0.5, 0.6) is 11.5 Å². The summed E-state index contributed by atoms with van der Waals surface area (Å²) in [7, 11) is 2.61. The highest BCUT2D eigenvalue weighted by molar-refractivity contribution is 5.87. The first-order chi connectivity index (χ1) is 29.0. The van der Waals surface area contributed by atoms with Crippen molar-refractivity contribution in [3.63, 3.8) is 0 Å². The first-order valence-electron chi connectivity index (χ1n) is 21.4. The van der Waals surface area contributed by atoms with Gasteiger partial charge in [-0.2, -0.15) is 0 Å². The first-order valence-corrected chi connectivity index (χ1v) is 21.4. The van der Waals surface area contributed by atoms with Crippen LogP contribution in [0.1, 0.15) is 114 Å². The molecule has 15 heteroatoms. The number of fused-ring (bicyclic) bond motifs is 4.